The van der Waals surface area contributed by atoms with Gasteiger partial charge in [-0.1, -0.05) is 36.4 Å². The van der Waals surface area contributed by atoms with Crippen LogP contribution in [0.25, 0.3) is 16.6 Å². The first kappa shape index (κ1) is 23.1. The monoisotopic (exact) mass is 466 g/mol. The molecule has 0 atom stereocenters. The van der Waals surface area contributed by atoms with Crippen molar-refractivity contribution in [2.75, 3.05) is 6.79 Å². The Hall–Kier alpha value is -3.04. The molecule has 33 heavy (non-hydrogen) atoms. The van der Waals surface area contributed by atoms with Gasteiger partial charge in [0.2, 0.25) is 6.79 Å². The Kier molecular flexibility index (Phi) is 6.90. The van der Waals surface area contributed by atoms with Crippen LogP contribution < -0.4 is 44.1 Å². The van der Waals surface area contributed by atoms with Gasteiger partial charge >= 0.3 is 29.6 Å². The van der Waals surface area contributed by atoms with E-state index < -0.39 is 11.8 Å². The molecule has 0 fully saturated rings. The minimum absolute atomic E-state index is 0. The molecule has 0 radical (unpaired) electrons. The number of ether oxygens (including phenoxy) is 2. The van der Waals surface area contributed by atoms with Gasteiger partial charge in [0, 0.05) is 23.1 Å². The van der Waals surface area contributed by atoms with E-state index in [2.05, 4.69) is 8.75 Å². The molecule has 0 aliphatic carbocycles. The van der Waals surface area contributed by atoms with E-state index >= 15 is 0 Å². The van der Waals surface area contributed by atoms with E-state index in [1.54, 1.807) is 36.4 Å². The standard InChI is InChI=1S/C24H16N2O5S.Na/c27-23(16-7-9-20-21(12-16)31-13-30-20)17(10-14-4-2-1-3-5-14)22(24(28)29)15-6-8-18-19(11-15)26-32-25-18;/h1-9,11-12H,10,13H2,(H,28,29);/q;+1/p-1. The zero-order chi connectivity index (χ0) is 22.1. The van der Waals surface area contributed by atoms with Crippen LogP contribution in [0, 0.1) is 0 Å². The van der Waals surface area contributed by atoms with Gasteiger partial charge in [-0.2, -0.15) is 8.75 Å². The molecule has 0 spiro atoms. The number of aromatic nitrogens is 2. The summed E-state index contributed by atoms with van der Waals surface area (Å²) in [6.45, 7) is 0.0751. The van der Waals surface area contributed by atoms with Gasteiger partial charge in [0.1, 0.15) is 11.0 Å². The number of aliphatic carboxylic acids is 1. The molecule has 158 valence electrons. The molecule has 1 aliphatic rings. The predicted molar refractivity (Wildman–Crippen MR) is 116 cm³/mol. The largest absolute Gasteiger partial charge is 1.00 e. The van der Waals surface area contributed by atoms with Gasteiger partial charge in [-0.15, -0.1) is 0 Å². The van der Waals surface area contributed by atoms with Crippen LogP contribution in [0.1, 0.15) is 21.5 Å². The van der Waals surface area contributed by atoms with Gasteiger partial charge in [0.25, 0.3) is 0 Å². The second kappa shape index (κ2) is 9.84. The van der Waals surface area contributed by atoms with E-state index in [9.17, 15) is 14.7 Å². The van der Waals surface area contributed by atoms with Crippen molar-refractivity contribution in [2.45, 2.75) is 6.42 Å². The average Bonchev–Trinajstić information content (AvgIpc) is 3.47. The summed E-state index contributed by atoms with van der Waals surface area (Å²) in [5.41, 5.74) is 2.58. The molecule has 2 heterocycles. The molecular weight excluding hydrogens is 451 g/mol. The number of allylic oxidation sites excluding steroid dienone is 1. The van der Waals surface area contributed by atoms with Gasteiger partial charge in [-0.25, -0.2) is 0 Å². The molecule has 0 saturated carbocycles. The molecule has 1 aliphatic heterocycles. The molecule has 5 rings (SSSR count). The van der Waals surface area contributed by atoms with Gasteiger partial charge in [0.05, 0.1) is 17.7 Å². The Bertz CT molecular complexity index is 1380. The summed E-state index contributed by atoms with van der Waals surface area (Å²) in [6.07, 6.45) is 0.116. The second-order valence-electron chi connectivity index (χ2n) is 7.17. The number of Topliss-reactive ketones (excluding diaryl/α,β-unsaturated/α-hetero) is 1. The van der Waals surface area contributed by atoms with Crippen LogP contribution in [0.3, 0.4) is 0 Å². The summed E-state index contributed by atoms with van der Waals surface area (Å²) >= 11 is 1.04. The number of fused-ring (bicyclic) bond motifs is 2. The van der Waals surface area contributed by atoms with Crippen molar-refractivity contribution in [1.82, 2.24) is 8.75 Å². The zero-order valence-corrected chi connectivity index (χ0v) is 20.4. The quantitative estimate of drug-likeness (QED) is 0.225. The van der Waals surface area contributed by atoms with Gasteiger partial charge in [0.15, 0.2) is 17.3 Å². The third-order valence-corrected chi connectivity index (χ3v) is 5.74. The minimum atomic E-state index is -1.44. The van der Waals surface area contributed by atoms with Crippen molar-refractivity contribution >= 4 is 40.1 Å². The molecule has 0 N–H and O–H groups in total. The minimum Gasteiger partial charge on any atom is -0.545 e. The summed E-state index contributed by atoms with van der Waals surface area (Å²) in [5.74, 6) is -0.882. The molecule has 0 saturated heterocycles. The number of ketones is 1. The second-order valence-corrected chi connectivity index (χ2v) is 7.70. The van der Waals surface area contributed by atoms with E-state index in [4.69, 9.17) is 9.47 Å². The fraction of sp³-hybridized carbons (Fsp3) is 0.0833. The van der Waals surface area contributed by atoms with Crippen molar-refractivity contribution in [3.05, 3.63) is 89.0 Å². The van der Waals surface area contributed by atoms with Crippen LogP contribution >= 0.6 is 11.7 Å². The van der Waals surface area contributed by atoms with E-state index in [0.29, 0.717) is 33.7 Å². The topological polar surface area (TPSA) is 101 Å². The number of carboxylic acids is 1. The third-order valence-electron chi connectivity index (χ3n) is 5.18. The molecule has 0 bridgehead atoms. The number of hydrogen-bond donors (Lipinski definition) is 0. The fourth-order valence-corrected chi connectivity index (χ4v) is 4.16. The van der Waals surface area contributed by atoms with Crippen molar-refractivity contribution in [2.24, 2.45) is 0 Å². The maximum atomic E-state index is 13.6. The maximum absolute atomic E-state index is 13.6. The van der Waals surface area contributed by atoms with Crippen LogP contribution in [0.2, 0.25) is 0 Å². The molecule has 7 nitrogen and oxygen atoms in total. The number of nitrogens with zero attached hydrogens (tertiary/aromatic N) is 2. The van der Waals surface area contributed by atoms with Gasteiger partial charge in [-0.05, 0) is 41.5 Å². The van der Waals surface area contributed by atoms with Crippen LogP contribution in [0.5, 0.6) is 11.5 Å². The molecule has 4 aromatic rings. The summed E-state index contributed by atoms with van der Waals surface area (Å²) in [7, 11) is 0. The summed E-state index contributed by atoms with van der Waals surface area (Å²) < 4.78 is 19.0. The van der Waals surface area contributed by atoms with Gasteiger partial charge in [-0.3, -0.25) is 4.79 Å². The Morgan fingerprint density at radius 3 is 2.39 bits per heavy atom. The summed E-state index contributed by atoms with van der Waals surface area (Å²) in [6, 6.07) is 18.9. The number of carbonyl (C=O) groups excluding carboxylic acids is 2. The van der Waals surface area contributed by atoms with E-state index in [0.717, 1.165) is 17.3 Å². The molecule has 1 aromatic heterocycles. The predicted octanol–water partition coefficient (Wildman–Crippen LogP) is 0.0531. The normalized spacial score (nSPS) is 12.7. The van der Waals surface area contributed by atoms with Crippen LogP contribution in [0.15, 0.2) is 72.3 Å². The molecule has 0 unspecified atom stereocenters. The molecule has 0 amide bonds. The van der Waals surface area contributed by atoms with Crippen molar-refractivity contribution in [3.63, 3.8) is 0 Å². The Morgan fingerprint density at radius 1 is 0.879 bits per heavy atom. The Labute approximate surface area is 215 Å². The van der Waals surface area contributed by atoms with Gasteiger partial charge < -0.3 is 19.4 Å². The average molecular weight is 466 g/mol. The SMILES string of the molecule is O=C([O-])C(=C(Cc1ccccc1)C(=O)c1ccc2c(c1)OCO2)c1ccc2nsnc2c1.[Na+]. The van der Waals surface area contributed by atoms with Crippen molar-refractivity contribution in [1.29, 1.82) is 0 Å². The smallest absolute Gasteiger partial charge is 0.545 e. The van der Waals surface area contributed by atoms with Crippen LogP contribution in [-0.2, 0) is 11.2 Å². The molecule has 9 heteroatoms. The number of benzene rings is 3. The Balaban J connectivity index is 0.00000259. The molecule has 3 aromatic carbocycles. The first-order chi connectivity index (χ1) is 15.6. The summed E-state index contributed by atoms with van der Waals surface area (Å²) in [5, 5.41) is 12.3. The molecular formula is C24H15N2NaO5S. The number of rotatable bonds is 6. The van der Waals surface area contributed by atoms with Crippen LogP contribution in [-0.4, -0.2) is 27.3 Å². The van der Waals surface area contributed by atoms with Crippen molar-refractivity contribution < 1.29 is 53.7 Å². The summed E-state index contributed by atoms with van der Waals surface area (Å²) in [4.78, 5) is 25.9. The maximum Gasteiger partial charge on any atom is 1.00 e. The fourth-order valence-electron chi connectivity index (χ4n) is 3.65. The first-order valence-corrected chi connectivity index (χ1v) is 10.5. The number of carbonyl (C=O) groups is 2. The first-order valence-electron chi connectivity index (χ1n) is 9.75. The van der Waals surface area contributed by atoms with Crippen LogP contribution in [0.4, 0.5) is 0 Å². The Morgan fingerprint density at radius 2 is 1.61 bits per heavy atom. The van der Waals surface area contributed by atoms with Crippen molar-refractivity contribution in [3.8, 4) is 11.5 Å². The number of carboxylic acid groups (broad SMARTS) is 1. The van der Waals surface area contributed by atoms with E-state index in [-0.39, 0.29) is 53.9 Å². The van der Waals surface area contributed by atoms with E-state index in [1.165, 1.54) is 0 Å². The third kappa shape index (κ3) is 4.69. The number of hydrogen-bond acceptors (Lipinski definition) is 8. The van der Waals surface area contributed by atoms with E-state index in [1.807, 2.05) is 30.3 Å². The zero-order valence-electron chi connectivity index (χ0n) is 17.6.